The van der Waals surface area contributed by atoms with Crippen LogP contribution in [-0.2, 0) is 0 Å². The topological polar surface area (TPSA) is 52.0 Å². The average molecular weight is 221 g/mol. The summed E-state index contributed by atoms with van der Waals surface area (Å²) in [5, 5.41) is 2.00. The van der Waals surface area contributed by atoms with Gasteiger partial charge in [-0.15, -0.1) is 11.3 Å². The van der Waals surface area contributed by atoms with Gasteiger partial charge in [-0.2, -0.15) is 0 Å². The summed E-state index contributed by atoms with van der Waals surface area (Å²) in [4.78, 5) is 1.13. The molecule has 10 heavy (non-hydrogen) atoms. The van der Waals surface area contributed by atoms with E-state index in [1.807, 2.05) is 11.4 Å². The second-order valence-electron chi connectivity index (χ2n) is 2.01. The lowest BCUT2D eigenvalue weighted by Crippen LogP contribution is -2.19. The minimum absolute atomic E-state index is 0.00343. The predicted molar refractivity (Wildman–Crippen MR) is 48.0 cm³/mol. The number of halogens is 1. The van der Waals surface area contributed by atoms with Gasteiger partial charge in [0.15, 0.2) is 0 Å². The first-order valence-electron chi connectivity index (χ1n) is 2.93. The largest absolute Gasteiger partial charge is 0.329 e. The molecule has 0 radical (unpaired) electrons. The first kappa shape index (κ1) is 8.20. The lowest BCUT2D eigenvalue weighted by Gasteiger charge is -2.02. The van der Waals surface area contributed by atoms with Crippen LogP contribution in [0.25, 0.3) is 0 Å². The van der Waals surface area contributed by atoms with Gasteiger partial charge in [0.25, 0.3) is 0 Å². The quantitative estimate of drug-likeness (QED) is 0.794. The monoisotopic (exact) mass is 220 g/mol. The summed E-state index contributed by atoms with van der Waals surface area (Å²) in [7, 11) is 0. The smallest absolute Gasteiger partial charge is 0.0514 e. The second kappa shape index (κ2) is 3.48. The summed E-state index contributed by atoms with van der Waals surface area (Å²) in [6, 6.07) is 2.00. The van der Waals surface area contributed by atoms with Crippen LogP contribution in [0.3, 0.4) is 0 Å². The van der Waals surface area contributed by atoms with Gasteiger partial charge in [0.2, 0.25) is 0 Å². The third kappa shape index (κ3) is 1.79. The maximum atomic E-state index is 5.67. The van der Waals surface area contributed by atoms with Crippen LogP contribution in [0.2, 0.25) is 0 Å². The van der Waals surface area contributed by atoms with Crippen molar-refractivity contribution >= 4 is 27.3 Å². The van der Waals surface area contributed by atoms with Crippen molar-refractivity contribution in [3.8, 4) is 0 Å². The molecule has 0 fully saturated rings. The summed E-state index contributed by atoms with van der Waals surface area (Å²) in [6.07, 6.45) is 0. The van der Waals surface area contributed by atoms with E-state index in [4.69, 9.17) is 11.5 Å². The molecule has 0 saturated carbocycles. The van der Waals surface area contributed by atoms with Gasteiger partial charge >= 0.3 is 0 Å². The predicted octanol–water partition coefficient (Wildman–Crippen LogP) is 1.47. The van der Waals surface area contributed by atoms with Gasteiger partial charge in [-0.1, -0.05) is 0 Å². The van der Waals surface area contributed by atoms with Crippen molar-refractivity contribution in [2.24, 2.45) is 11.5 Å². The van der Waals surface area contributed by atoms with Crippen molar-refractivity contribution in [1.82, 2.24) is 0 Å². The molecule has 0 unspecified atom stereocenters. The molecule has 4 heteroatoms. The first-order valence-corrected chi connectivity index (χ1v) is 4.61. The van der Waals surface area contributed by atoms with Crippen LogP contribution in [0.15, 0.2) is 15.9 Å². The zero-order valence-electron chi connectivity index (χ0n) is 5.38. The van der Waals surface area contributed by atoms with Crippen molar-refractivity contribution in [3.05, 3.63) is 20.8 Å². The van der Waals surface area contributed by atoms with Crippen molar-refractivity contribution in [2.75, 3.05) is 6.54 Å². The van der Waals surface area contributed by atoms with E-state index in [1.165, 1.54) is 0 Å². The molecule has 4 N–H and O–H groups in total. The highest BCUT2D eigenvalue weighted by molar-refractivity contribution is 9.10. The third-order valence-electron chi connectivity index (χ3n) is 1.21. The molecule has 0 saturated heterocycles. The Labute approximate surface area is 72.3 Å². The van der Waals surface area contributed by atoms with E-state index in [0.29, 0.717) is 6.54 Å². The number of hydrogen-bond donors (Lipinski definition) is 2. The first-order chi connectivity index (χ1) is 4.74. The Bertz CT molecular complexity index is 211. The van der Waals surface area contributed by atoms with Crippen molar-refractivity contribution < 1.29 is 0 Å². The molecule has 0 spiro atoms. The summed E-state index contributed by atoms with van der Waals surface area (Å²) >= 11 is 4.97. The van der Waals surface area contributed by atoms with Gasteiger partial charge in [0.05, 0.1) is 6.04 Å². The van der Waals surface area contributed by atoms with E-state index in [9.17, 15) is 0 Å². The maximum absolute atomic E-state index is 5.67. The molecule has 0 bridgehead atoms. The van der Waals surface area contributed by atoms with E-state index in [-0.39, 0.29) is 6.04 Å². The summed E-state index contributed by atoms with van der Waals surface area (Å²) in [5.74, 6) is 0. The van der Waals surface area contributed by atoms with Gasteiger partial charge in [0.1, 0.15) is 0 Å². The Morgan fingerprint density at radius 2 is 2.40 bits per heavy atom. The van der Waals surface area contributed by atoms with Crippen LogP contribution >= 0.6 is 27.3 Å². The fraction of sp³-hybridized carbons (Fsp3) is 0.333. The maximum Gasteiger partial charge on any atom is 0.0514 e. The molecule has 0 aromatic carbocycles. The van der Waals surface area contributed by atoms with E-state index in [0.717, 1.165) is 9.35 Å². The fourth-order valence-electron chi connectivity index (χ4n) is 0.639. The highest BCUT2D eigenvalue weighted by Crippen LogP contribution is 2.23. The Morgan fingerprint density at radius 3 is 2.80 bits per heavy atom. The molecule has 1 heterocycles. The molecule has 1 rings (SSSR count). The summed E-state index contributed by atoms with van der Waals surface area (Å²) < 4.78 is 1.08. The van der Waals surface area contributed by atoms with Crippen molar-refractivity contribution in [1.29, 1.82) is 0 Å². The molecular formula is C6H9BrN2S. The molecule has 56 valence electrons. The van der Waals surface area contributed by atoms with Crippen molar-refractivity contribution in [2.45, 2.75) is 6.04 Å². The number of nitrogens with two attached hydrogens (primary N) is 2. The Hall–Kier alpha value is 0.1000. The summed E-state index contributed by atoms with van der Waals surface area (Å²) in [5.41, 5.74) is 11.1. The van der Waals surface area contributed by atoms with Crippen LogP contribution in [0, 0.1) is 0 Å². The van der Waals surface area contributed by atoms with Crippen molar-refractivity contribution in [3.63, 3.8) is 0 Å². The Kier molecular flexibility index (Phi) is 2.85. The Balaban J connectivity index is 2.74. The highest BCUT2D eigenvalue weighted by atomic mass is 79.9. The van der Waals surface area contributed by atoms with E-state index >= 15 is 0 Å². The molecular weight excluding hydrogens is 212 g/mol. The lowest BCUT2D eigenvalue weighted by atomic mass is 10.3. The van der Waals surface area contributed by atoms with Gasteiger partial charge in [-0.25, -0.2) is 0 Å². The molecule has 0 aliphatic heterocycles. The Morgan fingerprint density at radius 1 is 1.70 bits per heavy atom. The molecule has 1 atom stereocenters. The molecule has 0 aliphatic rings. The fourth-order valence-corrected chi connectivity index (χ4v) is 2.10. The average Bonchev–Trinajstić information content (AvgIpc) is 2.34. The molecule has 1 aromatic rings. The normalized spacial score (nSPS) is 13.5. The molecule has 0 amide bonds. The van der Waals surface area contributed by atoms with Crippen LogP contribution in [0.5, 0.6) is 0 Å². The van der Waals surface area contributed by atoms with E-state index in [2.05, 4.69) is 15.9 Å². The van der Waals surface area contributed by atoms with Gasteiger partial charge in [-0.05, 0) is 22.0 Å². The van der Waals surface area contributed by atoms with E-state index in [1.54, 1.807) is 11.3 Å². The van der Waals surface area contributed by atoms with Gasteiger partial charge < -0.3 is 11.5 Å². The number of thiophene rings is 1. The SMILES string of the molecule is NC[C@H](N)c1cc(Br)cs1. The van der Waals surface area contributed by atoms with Gasteiger partial charge in [0, 0.05) is 21.3 Å². The van der Waals surface area contributed by atoms with Crippen LogP contribution in [0.4, 0.5) is 0 Å². The zero-order valence-corrected chi connectivity index (χ0v) is 7.78. The number of rotatable bonds is 2. The minimum Gasteiger partial charge on any atom is -0.329 e. The standard InChI is InChI=1S/C6H9BrN2S/c7-4-1-6(10-3-4)5(9)2-8/h1,3,5H,2,8-9H2/t5-/m0/s1. The highest BCUT2D eigenvalue weighted by Gasteiger charge is 2.04. The summed E-state index contributed by atoms with van der Waals surface area (Å²) in [6.45, 7) is 0.507. The van der Waals surface area contributed by atoms with Crippen LogP contribution in [0.1, 0.15) is 10.9 Å². The zero-order chi connectivity index (χ0) is 7.56. The van der Waals surface area contributed by atoms with Crippen LogP contribution < -0.4 is 11.5 Å². The van der Waals surface area contributed by atoms with Crippen LogP contribution in [-0.4, -0.2) is 6.54 Å². The molecule has 0 aliphatic carbocycles. The third-order valence-corrected chi connectivity index (χ3v) is 3.03. The number of hydrogen-bond acceptors (Lipinski definition) is 3. The van der Waals surface area contributed by atoms with E-state index < -0.39 is 0 Å². The lowest BCUT2D eigenvalue weighted by molar-refractivity contribution is 0.751. The second-order valence-corrected chi connectivity index (χ2v) is 3.87. The molecule has 1 aromatic heterocycles. The van der Waals surface area contributed by atoms with Gasteiger partial charge in [-0.3, -0.25) is 0 Å². The minimum atomic E-state index is -0.00343. The molecule has 2 nitrogen and oxygen atoms in total.